The molecule has 1 fully saturated rings. The molecule has 0 bridgehead atoms. The predicted molar refractivity (Wildman–Crippen MR) is 104 cm³/mol. The second kappa shape index (κ2) is 7.53. The molecule has 2 aromatic carbocycles. The monoisotopic (exact) mass is 352 g/mol. The lowest BCUT2D eigenvalue weighted by Gasteiger charge is -2.44. The number of esters is 1. The zero-order valence-corrected chi connectivity index (χ0v) is 16.1. The summed E-state index contributed by atoms with van der Waals surface area (Å²) in [6.07, 6.45) is 3.51. The van der Waals surface area contributed by atoms with Crippen molar-refractivity contribution in [2.24, 2.45) is 11.8 Å². The van der Waals surface area contributed by atoms with Gasteiger partial charge in [-0.25, -0.2) is 0 Å². The van der Waals surface area contributed by atoms with E-state index in [4.69, 9.17) is 9.47 Å². The third-order valence-electron chi connectivity index (χ3n) is 5.51. The standard InChI is InChI=1S/C23H28O3/c1-16-13-17(2)15-23(14-16,19-5-9-21(25-4)10-6-19)20-7-11-22(12-8-20)26-18(3)24/h5-12,16-17H,13-15H2,1-4H3. The highest BCUT2D eigenvalue weighted by molar-refractivity contribution is 5.69. The number of ether oxygens (including phenoxy) is 2. The number of carbonyl (C=O) groups excluding carboxylic acids is 1. The lowest BCUT2D eigenvalue weighted by molar-refractivity contribution is -0.131. The zero-order valence-electron chi connectivity index (χ0n) is 16.1. The van der Waals surface area contributed by atoms with Gasteiger partial charge in [-0.2, -0.15) is 0 Å². The Morgan fingerprint density at radius 2 is 1.35 bits per heavy atom. The largest absolute Gasteiger partial charge is 0.497 e. The van der Waals surface area contributed by atoms with Crippen molar-refractivity contribution in [3.05, 3.63) is 59.7 Å². The van der Waals surface area contributed by atoms with Crippen molar-refractivity contribution in [1.82, 2.24) is 0 Å². The Balaban J connectivity index is 2.03. The molecule has 26 heavy (non-hydrogen) atoms. The van der Waals surface area contributed by atoms with E-state index >= 15 is 0 Å². The molecule has 0 saturated heterocycles. The van der Waals surface area contributed by atoms with E-state index in [-0.39, 0.29) is 11.4 Å². The number of benzene rings is 2. The van der Waals surface area contributed by atoms with Gasteiger partial charge in [-0.15, -0.1) is 0 Å². The SMILES string of the molecule is COc1ccc(C2(c3ccc(OC(C)=O)cc3)CC(C)CC(C)C2)cc1. The maximum atomic E-state index is 11.2. The third kappa shape index (κ3) is 3.77. The number of hydrogen-bond donors (Lipinski definition) is 0. The Kier molecular flexibility index (Phi) is 5.36. The summed E-state index contributed by atoms with van der Waals surface area (Å²) in [7, 11) is 1.70. The molecule has 1 aliphatic rings. The van der Waals surface area contributed by atoms with Crippen molar-refractivity contribution in [3.63, 3.8) is 0 Å². The molecule has 1 saturated carbocycles. The zero-order chi connectivity index (χ0) is 18.7. The molecule has 0 N–H and O–H groups in total. The Labute approximate surface area is 156 Å². The minimum absolute atomic E-state index is 0.0158. The Morgan fingerprint density at radius 1 is 0.885 bits per heavy atom. The van der Waals surface area contributed by atoms with E-state index in [2.05, 4.69) is 38.1 Å². The van der Waals surface area contributed by atoms with Crippen LogP contribution in [0.2, 0.25) is 0 Å². The molecule has 2 aromatic rings. The molecule has 2 unspecified atom stereocenters. The van der Waals surface area contributed by atoms with Crippen LogP contribution < -0.4 is 9.47 Å². The van der Waals surface area contributed by atoms with E-state index in [1.165, 1.54) is 24.5 Å². The fourth-order valence-electron chi connectivity index (χ4n) is 4.68. The van der Waals surface area contributed by atoms with Crippen molar-refractivity contribution in [2.45, 2.75) is 45.4 Å². The minimum atomic E-state index is -0.289. The third-order valence-corrected chi connectivity index (χ3v) is 5.51. The van der Waals surface area contributed by atoms with E-state index in [9.17, 15) is 4.79 Å². The normalized spacial score (nSPS) is 25.5. The maximum absolute atomic E-state index is 11.2. The summed E-state index contributed by atoms with van der Waals surface area (Å²) in [6.45, 7) is 6.12. The summed E-state index contributed by atoms with van der Waals surface area (Å²) in [5.41, 5.74) is 2.60. The minimum Gasteiger partial charge on any atom is -0.497 e. The topological polar surface area (TPSA) is 35.5 Å². The summed E-state index contributed by atoms with van der Waals surface area (Å²) in [4.78, 5) is 11.2. The average Bonchev–Trinajstić information content (AvgIpc) is 2.61. The first-order valence-electron chi connectivity index (χ1n) is 9.36. The highest BCUT2D eigenvalue weighted by Gasteiger charge is 2.40. The van der Waals surface area contributed by atoms with Crippen LogP contribution in [0.1, 0.15) is 51.2 Å². The van der Waals surface area contributed by atoms with Crippen molar-refractivity contribution in [3.8, 4) is 11.5 Å². The first kappa shape index (κ1) is 18.5. The van der Waals surface area contributed by atoms with E-state index in [1.807, 2.05) is 24.3 Å². The van der Waals surface area contributed by atoms with Gasteiger partial charge in [0, 0.05) is 12.3 Å². The molecule has 1 aliphatic carbocycles. The summed E-state index contributed by atoms with van der Waals surface area (Å²) < 4.78 is 10.6. The van der Waals surface area contributed by atoms with Crippen LogP contribution in [0, 0.1) is 11.8 Å². The lowest BCUT2D eigenvalue weighted by atomic mass is 9.60. The maximum Gasteiger partial charge on any atom is 0.308 e. The molecule has 0 spiro atoms. The van der Waals surface area contributed by atoms with Crippen molar-refractivity contribution < 1.29 is 14.3 Å². The molecule has 0 amide bonds. The van der Waals surface area contributed by atoms with Gasteiger partial charge in [0.1, 0.15) is 11.5 Å². The van der Waals surface area contributed by atoms with Crippen molar-refractivity contribution in [2.75, 3.05) is 7.11 Å². The van der Waals surface area contributed by atoms with Crippen LogP contribution in [-0.4, -0.2) is 13.1 Å². The lowest BCUT2D eigenvalue weighted by Crippen LogP contribution is -2.36. The highest BCUT2D eigenvalue weighted by atomic mass is 16.5. The Hall–Kier alpha value is -2.29. The Bertz CT molecular complexity index is 736. The highest BCUT2D eigenvalue weighted by Crippen LogP contribution is 2.49. The van der Waals surface area contributed by atoms with Gasteiger partial charge in [0.25, 0.3) is 0 Å². The number of carbonyl (C=O) groups is 1. The van der Waals surface area contributed by atoms with E-state index in [1.54, 1.807) is 7.11 Å². The predicted octanol–water partition coefficient (Wildman–Crippen LogP) is 5.36. The van der Waals surface area contributed by atoms with Crippen molar-refractivity contribution in [1.29, 1.82) is 0 Å². The number of hydrogen-bond acceptors (Lipinski definition) is 3. The van der Waals surface area contributed by atoms with Crippen LogP contribution in [0.15, 0.2) is 48.5 Å². The molecule has 0 radical (unpaired) electrons. The molecule has 3 rings (SSSR count). The van der Waals surface area contributed by atoms with E-state index in [0.29, 0.717) is 17.6 Å². The van der Waals surface area contributed by atoms with Gasteiger partial charge in [0.15, 0.2) is 0 Å². The van der Waals surface area contributed by atoms with Gasteiger partial charge >= 0.3 is 5.97 Å². The van der Waals surface area contributed by atoms with Gasteiger partial charge in [-0.1, -0.05) is 38.1 Å². The summed E-state index contributed by atoms with van der Waals surface area (Å²) in [5, 5.41) is 0. The van der Waals surface area contributed by atoms with Crippen LogP contribution in [0.4, 0.5) is 0 Å². The second-order valence-electron chi connectivity index (χ2n) is 7.78. The van der Waals surface area contributed by atoms with Gasteiger partial charge in [-0.3, -0.25) is 4.79 Å². The molecule has 0 heterocycles. The average molecular weight is 352 g/mol. The van der Waals surface area contributed by atoms with Crippen LogP contribution in [-0.2, 0) is 10.2 Å². The van der Waals surface area contributed by atoms with E-state index < -0.39 is 0 Å². The summed E-state index contributed by atoms with van der Waals surface area (Å²) >= 11 is 0. The van der Waals surface area contributed by atoms with Crippen LogP contribution in [0.25, 0.3) is 0 Å². The molecule has 138 valence electrons. The Morgan fingerprint density at radius 3 is 1.77 bits per heavy atom. The number of methoxy groups -OCH3 is 1. The fraction of sp³-hybridized carbons (Fsp3) is 0.435. The number of rotatable bonds is 4. The quantitative estimate of drug-likeness (QED) is 0.549. The van der Waals surface area contributed by atoms with Gasteiger partial charge < -0.3 is 9.47 Å². The van der Waals surface area contributed by atoms with Gasteiger partial charge in [0.05, 0.1) is 7.11 Å². The first-order valence-corrected chi connectivity index (χ1v) is 9.36. The van der Waals surface area contributed by atoms with Crippen LogP contribution >= 0.6 is 0 Å². The van der Waals surface area contributed by atoms with Gasteiger partial charge in [0.2, 0.25) is 0 Å². The summed E-state index contributed by atoms with van der Waals surface area (Å²) in [5.74, 6) is 2.51. The van der Waals surface area contributed by atoms with Gasteiger partial charge in [-0.05, 0) is 66.5 Å². The van der Waals surface area contributed by atoms with Crippen LogP contribution in [0.5, 0.6) is 11.5 Å². The fourth-order valence-corrected chi connectivity index (χ4v) is 4.68. The molecule has 0 aliphatic heterocycles. The molecule has 0 aromatic heterocycles. The smallest absolute Gasteiger partial charge is 0.308 e. The molecule has 3 nitrogen and oxygen atoms in total. The van der Waals surface area contributed by atoms with Crippen LogP contribution in [0.3, 0.4) is 0 Å². The molecular weight excluding hydrogens is 324 g/mol. The molecular formula is C23H28O3. The van der Waals surface area contributed by atoms with E-state index in [0.717, 1.165) is 18.6 Å². The first-order chi connectivity index (χ1) is 12.4. The second-order valence-corrected chi connectivity index (χ2v) is 7.78. The summed E-state index contributed by atoms with van der Waals surface area (Å²) in [6, 6.07) is 16.5. The van der Waals surface area contributed by atoms with Crippen molar-refractivity contribution >= 4 is 5.97 Å². The molecule has 3 heteroatoms. The molecule has 2 atom stereocenters.